The van der Waals surface area contributed by atoms with Crippen LogP contribution in [0.4, 0.5) is 5.69 Å². The summed E-state index contributed by atoms with van der Waals surface area (Å²) in [5.74, 6) is -0.226. The number of hydrogen-bond donors (Lipinski definition) is 2. The Morgan fingerprint density at radius 2 is 1.91 bits per heavy atom. The van der Waals surface area contributed by atoms with E-state index in [4.69, 9.17) is 34.8 Å². The van der Waals surface area contributed by atoms with Gasteiger partial charge in [0.05, 0.1) is 32.5 Å². The second-order valence-electron chi connectivity index (χ2n) is 4.66. The molecule has 1 aromatic carbocycles. The zero-order chi connectivity index (χ0) is 16.1. The number of carbonyl (C=O) groups is 1. The van der Waals surface area contributed by atoms with Crippen molar-refractivity contribution < 1.29 is 4.79 Å². The number of carbonyl (C=O) groups excluding carboxylic acids is 1. The summed E-state index contributed by atoms with van der Waals surface area (Å²) in [7, 11) is 0. The molecule has 0 aliphatic heterocycles. The van der Waals surface area contributed by atoms with Gasteiger partial charge in [-0.2, -0.15) is 0 Å². The lowest BCUT2D eigenvalue weighted by molar-refractivity contribution is -0.117. The van der Waals surface area contributed by atoms with Gasteiger partial charge < -0.3 is 10.6 Å². The lowest BCUT2D eigenvalue weighted by atomic mass is 10.2. The van der Waals surface area contributed by atoms with Crippen LogP contribution in [0.3, 0.4) is 0 Å². The van der Waals surface area contributed by atoms with E-state index in [0.717, 1.165) is 5.69 Å². The zero-order valence-electron chi connectivity index (χ0n) is 11.7. The monoisotopic (exact) mass is 357 g/mol. The predicted octanol–water partition coefficient (Wildman–Crippen LogP) is 4.16. The molecule has 1 aromatic heterocycles. The molecule has 2 aromatic rings. The SMILES string of the molecule is C[C@@H](NCc1ccccn1)C(=O)Nc1cc(Cl)c(Cl)cc1Cl. The van der Waals surface area contributed by atoms with Crippen LogP contribution in [0.1, 0.15) is 12.6 Å². The number of anilines is 1. The molecule has 0 unspecified atom stereocenters. The summed E-state index contributed by atoms with van der Waals surface area (Å²) in [5.41, 5.74) is 1.28. The summed E-state index contributed by atoms with van der Waals surface area (Å²) in [6, 6.07) is 8.21. The maximum atomic E-state index is 12.2. The second-order valence-corrected chi connectivity index (χ2v) is 5.88. The van der Waals surface area contributed by atoms with Gasteiger partial charge in [0.1, 0.15) is 0 Å². The van der Waals surface area contributed by atoms with E-state index in [1.54, 1.807) is 13.1 Å². The standard InChI is InChI=1S/C15H14Cl3N3O/c1-9(20-8-10-4-2-3-5-19-10)15(22)21-14-7-12(17)11(16)6-13(14)18/h2-7,9,20H,8H2,1H3,(H,21,22)/t9-/m1/s1. The van der Waals surface area contributed by atoms with E-state index in [0.29, 0.717) is 27.3 Å². The summed E-state index contributed by atoms with van der Waals surface area (Å²) < 4.78 is 0. The van der Waals surface area contributed by atoms with Crippen molar-refractivity contribution in [3.8, 4) is 0 Å². The Balaban J connectivity index is 1.95. The van der Waals surface area contributed by atoms with Crippen molar-refractivity contribution in [2.75, 3.05) is 5.32 Å². The van der Waals surface area contributed by atoms with Gasteiger partial charge in [0.2, 0.25) is 5.91 Å². The third kappa shape index (κ3) is 4.58. The Labute approximate surface area is 143 Å². The van der Waals surface area contributed by atoms with Gasteiger partial charge in [0.15, 0.2) is 0 Å². The fourth-order valence-corrected chi connectivity index (χ4v) is 2.31. The fraction of sp³-hybridized carbons (Fsp3) is 0.200. The van der Waals surface area contributed by atoms with Crippen LogP contribution in [0.25, 0.3) is 0 Å². The number of rotatable bonds is 5. The first kappa shape index (κ1) is 17.0. The average Bonchev–Trinajstić information content (AvgIpc) is 2.51. The molecule has 116 valence electrons. The van der Waals surface area contributed by atoms with Crippen LogP contribution in [0.15, 0.2) is 36.5 Å². The van der Waals surface area contributed by atoms with Gasteiger partial charge in [-0.05, 0) is 31.2 Å². The van der Waals surface area contributed by atoms with Crippen LogP contribution in [-0.2, 0) is 11.3 Å². The average molecular weight is 359 g/mol. The smallest absolute Gasteiger partial charge is 0.241 e. The van der Waals surface area contributed by atoms with Crippen molar-refractivity contribution in [3.63, 3.8) is 0 Å². The molecule has 0 aliphatic rings. The Morgan fingerprint density at radius 3 is 2.59 bits per heavy atom. The molecule has 0 spiro atoms. The highest BCUT2D eigenvalue weighted by molar-refractivity contribution is 6.44. The minimum atomic E-state index is -0.424. The molecule has 1 atom stereocenters. The molecule has 0 saturated carbocycles. The molecule has 1 heterocycles. The molecular weight excluding hydrogens is 345 g/mol. The van der Waals surface area contributed by atoms with E-state index in [1.165, 1.54) is 12.1 Å². The van der Waals surface area contributed by atoms with Crippen LogP contribution in [-0.4, -0.2) is 16.9 Å². The van der Waals surface area contributed by atoms with E-state index in [9.17, 15) is 4.79 Å². The van der Waals surface area contributed by atoms with E-state index in [-0.39, 0.29) is 5.91 Å². The van der Waals surface area contributed by atoms with Crippen molar-refractivity contribution in [3.05, 3.63) is 57.3 Å². The summed E-state index contributed by atoms with van der Waals surface area (Å²) in [5, 5.41) is 6.81. The van der Waals surface area contributed by atoms with Crippen molar-refractivity contribution in [1.29, 1.82) is 0 Å². The highest BCUT2D eigenvalue weighted by atomic mass is 35.5. The van der Waals surface area contributed by atoms with E-state index < -0.39 is 6.04 Å². The van der Waals surface area contributed by atoms with Crippen molar-refractivity contribution in [2.45, 2.75) is 19.5 Å². The summed E-state index contributed by atoms with van der Waals surface area (Å²) >= 11 is 17.8. The van der Waals surface area contributed by atoms with Gasteiger partial charge in [-0.1, -0.05) is 40.9 Å². The number of benzene rings is 1. The third-order valence-corrected chi connectivity index (χ3v) is 4.01. The Bertz CT molecular complexity index is 665. The molecule has 0 fully saturated rings. The van der Waals surface area contributed by atoms with E-state index in [2.05, 4.69) is 15.6 Å². The van der Waals surface area contributed by atoms with Crippen molar-refractivity contribution >= 4 is 46.4 Å². The Kier molecular flexibility index (Phi) is 6.03. The first-order valence-corrected chi connectivity index (χ1v) is 7.69. The summed E-state index contributed by atoms with van der Waals surface area (Å²) in [4.78, 5) is 16.3. The van der Waals surface area contributed by atoms with Gasteiger partial charge in [-0.25, -0.2) is 0 Å². The third-order valence-electron chi connectivity index (χ3n) is 2.98. The van der Waals surface area contributed by atoms with Gasteiger partial charge >= 0.3 is 0 Å². The zero-order valence-corrected chi connectivity index (χ0v) is 14.0. The largest absolute Gasteiger partial charge is 0.323 e. The first-order chi connectivity index (χ1) is 10.5. The molecular formula is C15H14Cl3N3O. The number of pyridine rings is 1. The number of nitrogens with zero attached hydrogens (tertiary/aromatic N) is 1. The Hall–Kier alpha value is -1.33. The normalized spacial score (nSPS) is 12.0. The maximum absolute atomic E-state index is 12.2. The van der Waals surface area contributed by atoms with Gasteiger partial charge in [-0.15, -0.1) is 0 Å². The van der Waals surface area contributed by atoms with Crippen LogP contribution in [0.5, 0.6) is 0 Å². The predicted molar refractivity (Wildman–Crippen MR) is 90.6 cm³/mol. The van der Waals surface area contributed by atoms with Gasteiger partial charge in [0, 0.05) is 12.7 Å². The maximum Gasteiger partial charge on any atom is 0.241 e. The molecule has 0 aliphatic carbocycles. The van der Waals surface area contributed by atoms with Gasteiger partial charge in [-0.3, -0.25) is 9.78 Å². The quantitative estimate of drug-likeness (QED) is 0.789. The van der Waals surface area contributed by atoms with Crippen molar-refractivity contribution in [1.82, 2.24) is 10.3 Å². The topological polar surface area (TPSA) is 54.0 Å². The molecule has 0 saturated heterocycles. The lowest BCUT2D eigenvalue weighted by Gasteiger charge is -2.15. The Morgan fingerprint density at radius 1 is 1.18 bits per heavy atom. The van der Waals surface area contributed by atoms with Crippen LogP contribution < -0.4 is 10.6 Å². The number of nitrogens with one attached hydrogen (secondary N) is 2. The summed E-state index contributed by atoms with van der Waals surface area (Å²) in [6.07, 6.45) is 1.71. The minimum Gasteiger partial charge on any atom is -0.323 e. The minimum absolute atomic E-state index is 0.226. The molecule has 1 amide bonds. The number of amides is 1. The van der Waals surface area contributed by atoms with Crippen LogP contribution in [0, 0.1) is 0 Å². The molecule has 4 nitrogen and oxygen atoms in total. The van der Waals surface area contributed by atoms with Crippen LogP contribution in [0.2, 0.25) is 15.1 Å². The number of hydrogen-bond acceptors (Lipinski definition) is 3. The molecule has 0 bridgehead atoms. The molecule has 2 rings (SSSR count). The molecule has 7 heteroatoms. The molecule has 0 radical (unpaired) electrons. The van der Waals surface area contributed by atoms with Crippen molar-refractivity contribution in [2.24, 2.45) is 0 Å². The fourth-order valence-electron chi connectivity index (χ4n) is 1.71. The van der Waals surface area contributed by atoms with Crippen LogP contribution >= 0.6 is 34.8 Å². The molecule has 22 heavy (non-hydrogen) atoms. The van der Waals surface area contributed by atoms with E-state index >= 15 is 0 Å². The summed E-state index contributed by atoms with van der Waals surface area (Å²) in [6.45, 7) is 2.24. The number of halogens is 3. The van der Waals surface area contributed by atoms with E-state index in [1.807, 2.05) is 18.2 Å². The van der Waals surface area contributed by atoms with Gasteiger partial charge in [0.25, 0.3) is 0 Å². The first-order valence-electron chi connectivity index (χ1n) is 6.56. The molecule has 2 N–H and O–H groups in total. The second kappa shape index (κ2) is 7.79. The highest BCUT2D eigenvalue weighted by Gasteiger charge is 2.15. The highest BCUT2D eigenvalue weighted by Crippen LogP contribution is 2.32. The lowest BCUT2D eigenvalue weighted by Crippen LogP contribution is -2.37. The number of aromatic nitrogens is 1.